The minimum absolute atomic E-state index is 0.0356. The lowest BCUT2D eigenvalue weighted by atomic mass is 10.1. The number of piperazine rings is 1. The number of carbonyl (C=O) groups excluding carboxylic acids is 1. The van der Waals surface area contributed by atoms with Gasteiger partial charge < -0.3 is 16.0 Å². The lowest BCUT2D eigenvalue weighted by molar-refractivity contribution is -0.384. The Bertz CT molecular complexity index is 518. The number of nitro groups is 1. The number of nitrogens with zero attached hydrogens (tertiary/aromatic N) is 2. The molecule has 0 bridgehead atoms. The van der Waals surface area contributed by atoms with Crippen LogP contribution in [0.25, 0.3) is 0 Å². The number of carbonyl (C=O) groups is 1. The van der Waals surface area contributed by atoms with Crippen LogP contribution in [-0.4, -0.2) is 30.0 Å². The van der Waals surface area contributed by atoms with Crippen LogP contribution >= 0.6 is 0 Å². The van der Waals surface area contributed by atoms with Crippen LogP contribution in [0.4, 0.5) is 17.1 Å². The summed E-state index contributed by atoms with van der Waals surface area (Å²) in [6.07, 6.45) is 0.655. The summed E-state index contributed by atoms with van der Waals surface area (Å²) in [6.45, 7) is 3.11. The lowest BCUT2D eigenvalue weighted by Gasteiger charge is -2.36. The number of hydrogen-bond acceptors (Lipinski definition) is 5. The first-order chi connectivity index (χ1) is 9.04. The second kappa shape index (κ2) is 5.13. The lowest BCUT2D eigenvalue weighted by Crippen LogP contribution is -2.55. The number of nitrogen functional groups attached to an aromatic ring is 1. The Morgan fingerprint density at radius 3 is 2.89 bits per heavy atom. The van der Waals surface area contributed by atoms with Crippen LogP contribution in [0.5, 0.6) is 0 Å². The largest absolute Gasteiger partial charge is 0.397 e. The molecule has 1 saturated heterocycles. The maximum atomic E-state index is 11.8. The Labute approximate surface area is 110 Å². The molecule has 1 heterocycles. The van der Waals surface area contributed by atoms with Crippen molar-refractivity contribution in [3.8, 4) is 0 Å². The van der Waals surface area contributed by atoms with Gasteiger partial charge in [0.15, 0.2) is 0 Å². The van der Waals surface area contributed by atoms with Crippen LogP contribution in [0.1, 0.15) is 13.3 Å². The zero-order chi connectivity index (χ0) is 14.0. The Balaban J connectivity index is 2.35. The number of anilines is 2. The van der Waals surface area contributed by atoms with E-state index in [-0.39, 0.29) is 17.6 Å². The molecule has 0 radical (unpaired) electrons. The van der Waals surface area contributed by atoms with E-state index in [1.807, 2.05) is 11.8 Å². The van der Waals surface area contributed by atoms with E-state index in [4.69, 9.17) is 5.73 Å². The molecule has 0 aromatic heterocycles. The van der Waals surface area contributed by atoms with Gasteiger partial charge in [-0.2, -0.15) is 0 Å². The molecule has 7 heteroatoms. The average Bonchev–Trinajstić information content (AvgIpc) is 2.38. The molecule has 1 atom stereocenters. The van der Waals surface area contributed by atoms with Crippen molar-refractivity contribution in [2.24, 2.45) is 0 Å². The van der Waals surface area contributed by atoms with Gasteiger partial charge in [-0.3, -0.25) is 14.9 Å². The molecule has 1 aliphatic heterocycles. The Morgan fingerprint density at radius 1 is 1.58 bits per heavy atom. The number of amides is 1. The molecular formula is C12H16N4O3. The first-order valence-corrected chi connectivity index (χ1v) is 6.13. The van der Waals surface area contributed by atoms with Crippen LogP contribution in [0.2, 0.25) is 0 Å². The van der Waals surface area contributed by atoms with E-state index >= 15 is 0 Å². The van der Waals surface area contributed by atoms with Gasteiger partial charge in [-0.1, -0.05) is 6.92 Å². The minimum atomic E-state index is -0.486. The molecule has 2 rings (SSSR count). The Kier molecular flexibility index (Phi) is 3.55. The van der Waals surface area contributed by atoms with Gasteiger partial charge in [-0.25, -0.2) is 0 Å². The van der Waals surface area contributed by atoms with Gasteiger partial charge in [0.2, 0.25) is 5.91 Å². The number of nitrogens with one attached hydrogen (secondary N) is 1. The predicted molar refractivity (Wildman–Crippen MR) is 71.9 cm³/mol. The fourth-order valence-electron chi connectivity index (χ4n) is 2.33. The molecule has 1 unspecified atom stereocenters. The molecule has 7 nitrogen and oxygen atoms in total. The van der Waals surface area contributed by atoms with Crippen molar-refractivity contribution >= 4 is 23.0 Å². The first kappa shape index (κ1) is 13.1. The highest BCUT2D eigenvalue weighted by molar-refractivity contribution is 5.88. The van der Waals surface area contributed by atoms with Crippen molar-refractivity contribution in [1.82, 2.24) is 5.32 Å². The van der Waals surface area contributed by atoms with Crippen LogP contribution in [-0.2, 0) is 4.79 Å². The van der Waals surface area contributed by atoms with Crippen molar-refractivity contribution in [2.75, 3.05) is 23.7 Å². The molecule has 19 heavy (non-hydrogen) atoms. The molecule has 1 aliphatic rings. The molecule has 0 aliphatic carbocycles. The van der Waals surface area contributed by atoms with Crippen molar-refractivity contribution in [1.29, 1.82) is 0 Å². The van der Waals surface area contributed by atoms with E-state index in [2.05, 4.69) is 5.32 Å². The summed E-state index contributed by atoms with van der Waals surface area (Å²) in [7, 11) is 0. The van der Waals surface area contributed by atoms with Gasteiger partial charge in [0.05, 0.1) is 16.3 Å². The van der Waals surface area contributed by atoms with Crippen LogP contribution in [0, 0.1) is 10.1 Å². The first-order valence-electron chi connectivity index (χ1n) is 6.13. The van der Waals surface area contributed by atoms with E-state index in [0.717, 1.165) is 0 Å². The zero-order valence-corrected chi connectivity index (χ0v) is 10.6. The highest BCUT2D eigenvalue weighted by Gasteiger charge is 2.29. The minimum Gasteiger partial charge on any atom is -0.397 e. The van der Waals surface area contributed by atoms with Gasteiger partial charge in [-0.15, -0.1) is 0 Å². The molecule has 0 saturated carbocycles. The predicted octanol–water partition coefficient (Wildman–Crippen LogP) is 0.892. The fraction of sp³-hybridized carbons (Fsp3) is 0.417. The molecular weight excluding hydrogens is 248 g/mol. The van der Waals surface area contributed by atoms with E-state index in [9.17, 15) is 14.9 Å². The molecule has 102 valence electrons. The summed E-state index contributed by atoms with van der Waals surface area (Å²) in [5.41, 5.74) is 6.82. The summed E-state index contributed by atoms with van der Waals surface area (Å²) < 4.78 is 0. The zero-order valence-electron chi connectivity index (χ0n) is 10.6. The van der Waals surface area contributed by atoms with Crippen LogP contribution in [0.3, 0.4) is 0 Å². The van der Waals surface area contributed by atoms with E-state index in [1.54, 1.807) is 6.07 Å². The van der Waals surface area contributed by atoms with E-state index in [0.29, 0.717) is 30.9 Å². The third kappa shape index (κ3) is 2.44. The SMILES string of the molecule is CCC1C(=O)NCCN1c1ccc([N+](=O)[O-])cc1N. The van der Waals surface area contributed by atoms with Crippen molar-refractivity contribution in [2.45, 2.75) is 19.4 Å². The molecule has 0 spiro atoms. The third-order valence-electron chi connectivity index (χ3n) is 3.25. The van der Waals surface area contributed by atoms with Crippen molar-refractivity contribution < 1.29 is 9.72 Å². The smallest absolute Gasteiger partial charge is 0.271 e. The molecule has 3 N–H and O–H groups in total. The van der Waals surface area contributed by atoms with E-state index in [1.165, 1.54) is 12.1 Å². The second-order valence-corrected chi connectivity index (χ2v) is 4.41. The Morgan fingerprint density at radius 2 is 2.32 bits per heavy atom. The highest BCUT2D eigenvalue weighted by atomic mass is 16.6. The number of rotatable bonds is 3. The number of nitrogens with two attached hydrogens (primary N) is 1. The quantitative estimate of drug-likeness (QED) is 0.479. The summed E-state index contributed by atoms with van der Waals surface area (Å²) in [5, 5.41) is 13.5. The molecule has 1 fully saturated rings. The third-order valence-corrected chi connectivity index (χ3v) is 3.25. The normalized spacial score (nSPS) is 19.1. The summed E-state index contributed by atoms with van der Waals surface area (Å²) in [6, 6.07) is 4.06. The maximum absolute atomic E-state index is 11.8. The van der Waals surface area contributed by atoms with Gasteiger partial charge in [0, 0.05) is 25.2 Å². The average molecular weight is 264 g/mol. The summed E-state index contributed by atoms with van der Waals surface area (Å²) >= 11 is 0. The molecule has 1 aromatic rings. The van der Waals surface area contributed by atoms with Gasteiger partial charge in [-0.05, 0) is 12.5 Å². The van der Waals surface area contributed by atoms with Gasteiger partial charge in [0.25, 0.3) is 5.69 Å². The standard InChI is InChI=1S/C12H16N4O3/c1-2-10-12(17)14-5-6-15(10)11-4-3-8(16(18)19)7-9(11)13/h3-4,7,10H,2,5-6,13H2,1H3,(H,14,17). The van der Waals surface area contributed by atoms with Crippen molar-refractivity contribution in [3.05, 3.63) is 28.3 Å². The number of non-ortho nitro benzene ring substituents is 1. The summed E-state index contributed by atoms with van der Waals surface area (Å²) in [5.74, 6) is -0.0356. The molecule has 1 aromatic carbocycles. The number of benzene rings is 1. The Hall–Kier alpha value is -2.31. The van der Waals surface area contributed by atoms with E-state index < -0.39 is 4.92 Å². The molecule has 1 amide bonds. The number of nitro benzene ring substituents is 1. The monoisotopic (exact) mass is 264 g/mol. The van der Waals surface area contributed by atoms with Crippen LogP contribution in [0.15, 0.2) is 18.2 Å². The summed E-state index contributed by atoms with van der Waals surface area (Å²) in [4.78, 5) is 23.9. The highest BCUT2D eigenvalue weighted by Crippen LogP contribution is 2.30. The van der Waals surface area contributed by atoms with Gasteiger partial charge >= 0.3 is 0 Å². The van der Waals surface area contributed by atoms with Gasteiger partial charge in [0.1, 0.15) is 6.04 Å². The number of hydrogen-bond donors (Lipinski definition) is 2. The topological polar surface area (TPSA) is 102 Å². The van der Waals surface area contributed by atoms with Crippen molar-refractivity contribution in [3.63, 3.8) is 0 Å². The fourth-order valence-corrected chi connectivity index (χ4v) is 2.33. The second-order valence-electron chi connectivity index (χ2n) is 4.41. The van der Waals surface area contributed by atoms with Crippen LogP contribution < -0.4 is 16.0 Å². The maximum Gasteiger partial charge on any atom is 0.271 e.